The molecule has 1 unspecified atom stereocenters. The van der Waals surface area contributed by atoms with Crippen molar-refractivity contribution in [2.45, 2.75) is 13.0 Å². The summed E-state index contributed by atoms with van der Waals surface area (Å²) in [6.07, 6.45) is 0. The maximum atomic E-state index is 13.7. The number of aryl methyl sites for hydroxylation is 1. The summed E-state index contributed by atoms with van der Waals surface area (Å²) >= 11 is 1.08. The summed E-state index contributed by atoms with van der Waals surface area (Å²) in [7, 11) is 0. The van der Waals surface area contributed by atoms with Crippen LogP contribution in [0.1, 0.15) is 22.7 Å². The molecular formula is C25H16F2N2O3S. The smallest absolute Gasteiger partial charge is 0.301 e. The number of aliphatic hydroxyl groups is 1. The molecule has 33 heavy (non-hydrogen) atoms. The van der Waals surface area contributed by atoms with Gasteiger partial charge < -0.3 is 5.11 Å². The molecule has 164 valence electrons. The molecule has 1 aliphatic heterocycles. The largest absolute Gasteiger partial charge is 0.507 e. The van der Waals surface area contributed by atoms with Gasteiger partial charge in [-0.25, -0.2) is 13.8 Å². The van der Waals surface area contributed by atoms with Crippen molar-refractivity contribution in [1.29, 1.82) is 0 Å². The average Bonchev–Trinajstić information content (AvgIpc) is 3.32. The van der Waals surface area contributed by atoms with Crippen molar-refractivity contribution in [2.75, 3.05) is 4.90 Å². The zero-order valence-electron chi connectivity index (χ0n) is 17.3. The van der Waals surface area contributed by atoms with E-state index in [0.717, 1.165) is 29.0 Å². The van der Waals surface area contributed by atoms with Crippen molar-refractivity contribution in [3.8, 4) is 0 Å². The quantitative estimate of drug-likeness (QED) is 0.248. The molecule has 0 radical (unpaired) electrons. The van der Waals surface area contributed by atoms with Gasteiger partial charge in [-0.1, -0.05) is 41.2 Å². The van der Waals surface area contributed by atoms with E-state index in [2.05, 4.69) is 4.98 Å². The second-order valence-electron chi connectivity index (χ2n) is 7.70. The number of rotatable bonds is 3. The summed E-state index contributed by atoms with van der Waals surface area (Å²) in [5.41, 5.74) is 2.14. The number of nitrogens with zero attached hydrogens (tertiary/aromatic N) is 2. The third kappa shape index (κ3) is 3.58. The fourth-order valence-corrected chi connectivity index (χ4v) is 4.86. The molecule has 4 aromatic rings. The van der Waals surface area contributed by atoms with Crippen LogP contribution in [-0.4, -0.2) is 21.8 Å². The van der Waals surface area contributed by atoms with Gasteiger partial charge >= 0.3 is 5.91 Å². The molecule has 0 saturated carbocycles. The normalized spacial score (nSPS) is 17.8. The summed E-state index contributed by atoms with van der Waals surface area (Å²) in [5.74, 6) is -3.08. The molecule has 8 heteroatoms. The highest BCUT2D eigenvalue weighted by molar-refractivity contribution is 7.22. The summed E-state index contributed by atoms with van der Waals surface area (Å²) < 4.78 is 27.6. The molecule has 0 aliphatic carbocycles. The number of aliphatic hydroxyl groups excluding tert-OH is 1. The SMILES string of the molecule is Cc1ccc(C2C(=C(O)c3ccc(F)cc3)C(=O)C(=O)N2c2nc3ccc(F)cc3s2)cc1. The number of thiazole rings is 1. The van der Waals surface area contributed by atoms with Crippen LogP contribution in [0.5, 0.6) is 0 Å². The third-order valence-electron chi connectivity index (χ3n) is 5.50. The number of carbonyl (C=O) groups is 2. The standard InChI is InChI=1S/C25H16F2N2O3S/c1-13-2-4-14(5-3-13)21-20(22(30)15-6-8-16(26)9-7-15)23(31)24(32)29(21)25-28-18-11-10-17(27)12-19(18)33-25/h2-12,21,30H,1H3. The lowest BCUT2D eigenvalue weighted by Gasteiger charge is -2.23. The summed E-state index contributed by atoms with van der Waals surface area (Å²) in [6, 6.07) is 15.3. The highest BCUT2D eigenvalue weighted by Crippen LogP contribution is 2.44. The second kappa shape index (κ2) is 7.90. The molecule has 2 heterocycles. The lowest BCUT2D eigenvalue weighted by Crippen LogP contribution is -2.29. The predicted molar refractivity (Wildman–Crippen MR) is 122 cm³/mol. The van der Waals surface area contributed by atoms with Gasteiger partial charge in [0, 0.05) is 5.56 Å². The average molecular weight is 462 g/mol. The second-order valence-corrected chi connectivity index (χ2v) is 8.70. The molecule has 0 bridgehead atoms. The van der Waals surface area contributed by atoms with E-state index in [1.54, 1.807) is 12.1 Å². The molecule has 5 rings (SSSR count). The van der Waals surface area contributed by atoms with E-state index < -0.39 is 35.1 Å². The molecule has 0 spiro atoms. The highest BCUT2D eigenvalue weighted by Gasteiger charge is 2.48. The fourth-order valence-electron chi connectivity index (χ4n) is 3.85. The van der Waals surface area contributed by atoms with Crippen LogP contribution in [0.4, 0.5) is 13.9 Å². The Morgan fingerprint density at radius 2 is 1.64 bits per heavy atom. The molecule has 5 nitrogen and oxygen atoms in total. The Morgan fingerprint density at radius 1 is 0.970 bits per heavy atom. The first-order chi connectivity index (χ1) is 15.8. The van der Waals surface area contributed by atoms with Gasteiger partial charge in [0.15, 0.2) is 5.13 Å². The molecule has 1 atom stereocenters. The van der Waals surface area contributed by atoms with Crippen molar-refractivity contribution in [3.63, 3.8) is 0 Å². The van der Waals surface area contributed by atoms with Crippen molar-refractivity contribution in [3.05, 3.63) is 101 Å². The Hall–Kier alpha value is -3.91. The lowest BCUT2D eigenvalue weighted by atomic mass is 9.95. The molecule has 1 N–H and O–H groups in total. The van der Waals surface area contributed by atoms with Gasteiger partial charge in [-0.3, -0.25) is 14.5 Å². The van der Waals surface area contributed by atoms with Crippen LogP contribution in [0.15, 0.2) is 72.3 Å². The minimum atomic E-state index is -0.957. The lowest BCUT2D eigenvalue weighted by molar-refractivity contribution is -0.132. The van der Waals surface area contributed by atoms with Gasteiger partial charge in [0.1, 0.15) is 17.4 Å². The van der Waals surface area contributed by atoms with E-state index in [1.807, 2.05) is 19.1 Å². The van der Waals surface area contributed by atoms with Crippen LogP contribution in [0.2, 0.25) is 0 Å². The Morgan fingerprint density at radius 3 is 2.33 bits per heavy atom. The third-order valence-corrected chi connectivity index (χ3v) is 6.52. The topological polar surface area (TPSA) is 70.5 Å². The monoisotopic (exact) mass is 462 g/mol. The van der Waals surface area contributed by atoms with Gasteiger partial charge in [0.2, 0.25) is 0 Å². The first kappa shape index (κ1) is 21.0. The van der Waals surface area contributed by atoms with E-state index >= 15 is 0 Å². The van der Waals surface area contributed by atoms with Gasteiger partial charge in [0.05, 0.1) is 21.8 Å². The summed E-state index contributed by atoms with van der Waals surface area (Å²) in [5, 5.41) is 11.2. The number of amides is 1. The van der Waals surface area contributed by atoms with E-state index in [9.17, 15) is 23.5 Å². The number of benzene rings is 3. The van der Waals surface area contributed by atoms with Crippen LogP contribution in [0.3, 0.4) is 0 Å². The molecular weight excluding hydrogens is 446 g/mol. The fraction of sp³-hybridized carbons (Fsp3) is 0.0800. The number of anilines is 1. The van der Waals surface area contributed by atoms with Crippen LogP contribution in [0.25, 0.3) is 16.0 Å². The number of hydrogen-bond donors (Lipinski definition) is 1. The number of hydrogen-bond acceptors (Lipinski definition) is 5. The molecule has 1 aromatic heterocycles. The zero-order valence-corrected chi connectivity index (χ0v) is 18.1. The predicted octanol–water partition coefficient (Wildman–Crippen LogP) is 5.51. The Labute approximate surface area is 191 Å². The van der Waals surface area contributed by atoms with Gasteiger partial charge in [-0.05, 0) is 55.0 Å². The van der Waals surface area contributed by atoms with Crippen LogP contribution < -0.4 is 4.90 Å². The van der Waals surface area contributed by atoms with Crippen molar-refractivity contribution in [2.24, 2.45) is 0 Å². The minimum Gasteiger partial charge on any atom is -0.507 e. The Bertz CT molecular complexity index is 1440. The van der Waals surface area contributed by atoms with Gasteiger partial charge in [0.25, 0.3) is 5.78 Å². The number of Topliss-reactive ketones (excluding diaryl/α,β-unsaturated/α-hetero) is 1. The Balaban J connectivity index is 1.73. The van der Waals surface area contributed by atoms with Crippen molar-refractivity contribution < 1.29 is 23.5 Å². The molecule has 1 aliphatic rings. The number of ketones is 1. The number of halogens is 2. The summed E-state index contributed by atoms with van der Waals surface area (Å²) in [4.78, 5) is 32.0. The van der Waals surface area contributed by atoms with Crippen LogP contribution >= 0.6 is 11.3 Å². The first-order valence-corrected chi connectivity index (χ1v) is 10.8. The first-order valence-electron chi connectivity index (χ1n) is 10.0. The highest BCUT2D eigenvalue weighted by atomic mass is 32.1. The Kier molecular flexibility index (Phi) is 5.02. The number of carbonyl (C=O) groups excluding carboxylic acids is 2. The van der Waals surface area contributed by atoms with E-state index in [4.69, 9.17) is 0 Å². The number of aromatic nitrogens is 1. The summed E-state index contributed by atoms with van der Waals surface area (Å²) in [6.45, 7) is 1.90. The van der Waals surface area contributed by atoms with E-state index in [-0.39, 0.29) is 16.3 Å². The van der Waals surface area contributed by atoms with E-state index in [0.29, 0.717) is 15.8 Å². The zero-order chi connectivity index (χ0) is 23.3. The van der Waals surface area contributed by atoms with Crippen molar-refractivity contribution >= 4 is 44.1 Å². The van der Waals surface area contributed by atoms with Crippen LogP contribution in [-0.2, 0) is 9.59 Å². The minimum absolute atomic E-state index is 0.124. The molecule has 1 fully saturated rings. The molecule has 1 saturated heterocycles. The van der Waals surface area contributed by atoms with Gasteiger partial charge in [-0.15, -0.1) is 0 Å². The molecule has 1 amide bonds. The maximum Gasteiger partial charge on any atom is 0.301 e. The van der Waals surface area contributed by atoms with Crippen molar-refractivity contribution in [1.82, 2.24) is 4.98 Å². The van der Waals surface area contributed by atoms with E-state index in [1.165, 1.54) is 35.2 Å². The van der Waals surface area contributed by atoms with Crippen LogP contribution in [0, 0.1) is 18.6 Å². The van der Waals surface area contributed by atoms with Gasteiger partial charge in [-0.2, -0.15) is 0 Å². The molecule has 3 aromatic carbocycles. The maximum absolute atomic E-state index is 13.7. The number of fused-ring (bicyclic) bond motifs is 1.